The molecule has 1 aromatic carbocycles. The van der Waals surface area contributed by atoms with E-state index < -0.39 is 0 Å². The van der Waals surface area contributed by atoms with Gasteiger partial charge in [-0.15, -0.1) is 0 Å². The lowest BCUT2D eigenvalue weighted by Gasteiger charge is -2.15. The van der Waals surface area contributed by atoms with E-state index in [1.54, 1.807) is 0 Å². The lowest BCUT2D eigenvalue weighted by Crippen LogP contribution is -2.28. The number of nitrogens with one attached hydrogen (secondary N) is 1. The first-order chi connectivity index (χ1) is 7.26. The third-order valence-electron chi connectivity index (χ3n) is 2.35. The summed E-state index contributed by atoms with van der Waals surface area (Å²) in [5, 5.41) is 3.27. The number of ether oxygens (including phenoxy) is 1. The molecule has 0 spiro atoms. The van der Waals surface area contributed by atoms with E-state index in [4.69, 9.17) is 4.74 Å². The second-order valence-corrected chi connectivity index (χ2v) is 3.73. The Bertz CT molecular complexity index is 268. The fraction of sp³-hybridized carbons (Fsp3) is 0.538. The van der Waals surface area contributed by atoms with E-state index >= 15 is 0 Å². The van der Waals surface area contributed by atoms with Gasteiger partial charge in [-0.3, -0.25) is 0 Å². The van der Waals surface area contributed by atoms with Gasteiger partial charge >= 0.3 is 0 Å². The summed E-state index contributed by atoms with van der Waals surface area (Å²) in [6, 6.07) is 8.33. The Morgan fingerprint density at radius 3 is 2.40 bits per heavy atom. The first-order valence-electron chi connectivity index (χ1n) is 5.72. The lowest BCUT2D eigenvalue weighted by atomic mass is 10.2. The molecule has 2 heteroatoms. The average Bonchev–Trinajstić information content (AvgIpc) is 2.27. The van der Waals surface area contributed by atoms with Crippen LogP contribution >= 0.6 is 0 Å². The fourth-order valence-corrected chi connectivity index (χ4v) is 1.43. The second-order valence-electron chi connectivity index (χ2n) is 3.73. The SMILES string of the molecule is CCNCC(C)Oc1ccc(CC)cc1. The molecule has 0 heterocycles. The molecule has 1 aromatic rings. The summed E-state index contributed by atoms with van der Waals surface area (Å²) in [6.45, 7) is 8.22. The largest absolute Gasteiger partial charge is 0.489 e. The van der Waals surface area contributed by atoms with E-state index in [1.165, 1.54) is 5.56 Å². The minimum Gasteiger partial charge on any atom is -0.489 e. The molecule has 0 fully saturated rings. The van der Waals surface area contributed by atoms with Crippen LogP contribution in [-0.2, 0) is 6.42 Å². The van der Waals surface area contributed by atoms with Crippen LogP contribution in [0, 0.1) is 0 Å². The standard InChI is InChI=1S/C13H21NO/c1-4-12-6-8-13(9-7-12)15-11(3)10-14-5-2/h6-9,11,14H,4-5,10H2,1-3H3. The van der Waals surface area contributed by atoms with Gasteiger partial charge in [0.15, 0.2) is 0 Å². The highest BCUT2D eigenvalue weighted by Crippen LogP contribution is 2.13. The highest BCUT2D eigenvalue weighted by atomic mass is 16.5. The Morgan fingerprint density at radius 1 is 1.20 bits per heavy atom. The Balaban J connectivity index is 2.42. The molecule has 1 unspecified atom stereocenters. The topological polar surface area (TPSA) is 21.3 Å². The number of benzene rings is 1. The summed E-state index contributed by atoms with van der Waals surface area (Å²) in [5.41, 5.74) is 1.35. The maximum absolute atomic E-state index is 5.75. The molecule has 0 saturated heterocycles. The highest BCUT2D eigenvalue weighted by molar-refractivity contribution is 5.27. The van der Waals surface area contributed by atoms with Crippen LogP contribution in [0.15, 0.2) is 24.3 Å². The first kappa shape index (κ1) is 12.1. The van der Waals surface area contributed by atoms with Gasteiger partial charge in [-0.25, -0.2) is 0 Å². The summed E-state index contributed by atoms with van der Waals surface area (Å²) >= 11 is 0. The van der Waals surface area contributed by atoms with Crippen molar-refractivity contribution < 1.29 is 4.74 Å². The molecule has 0 amide bonds. The first-order valence-corrected chi connectivity index (χ1v) is 5.72. The van der Waals surface area contributed by atoms with Gasteiger partial charge in [-0.05, 0) is 37.6 Å². The number of likely N-dealkylation sites (N-methyl/N-ethyl adjacent to an activating group) is 1. The average molecular weight is 207 g/mol. The Labute approximate surface area is 92.6 Å². The van der Waals surface area contributed by atoms with Crippen LogP contribution in [0.3, 0.4) is 0 Å². The van der Waals surface area contributed by atoms with Crippen molar-refractivity contribution in [2.24, 2.45) is 0 Å². The van der Waals surface area contributed by atoms with Gasteiger partial charge in [-0.2, -0.15) is 0 Å². The zero-order valence-electron chi connectivity index (χ0n) is 9.92. The minimum absolute atomic E-state index is 0.220. The maximum atomic E-state index is 5.75. The van der Waals surface area contributed by atoms with E-state index in [2.05, 4.69) is 38.2 Å². The number of hydrogen-bond acceptors (Lipinski definition) is 2. The molecule has 0 saturated carbocycles. The van der Waals surface area contributed by atoms with Crippen LogP contribution in [-0.4, -0.2) is 19.2 Å². The third kappa shape index (κ3) is 4.34. The molecule has 1 rings (SSSR count). The van der Waals surface area contributed by atoms with Crippen molar-refractivity contribution in [2.75, 3.05) is 13.1 Å². The molecule has 0 bridgehead atoms. The van der Waals surface area contributed by atoms with Gasteiger partial charge in [0.25, 0.3) is 0 Å². The van der Waals surface area contributed by atoms with Crippen molar-refractivity contribution >= 4 is 0 Å². The molecule has 1 atom stereocenters. The van der Waals surface area contributed by atoms with Crippen LogP contribution in [0.5, 0.6) is 5.75 Å². The van der Waals surface area contributed by atoms with Gasteiger partial charge in [0.05, 0.1) is 0 Å². The van der Waals surface area contributed by atoms with Crippen LogP contribution < -0.4 is 10.1 Å². The molecule has 0 aliphatic carbocycles. The molecule has 1 N–H and O–H groups in total. The summed E-state index contributed by atoms with van der Waals surface area (Å²) < 4.78 is 5.75. The quantitative estimate of drug-likeness (QED) is 0.774. The molecule has 0 aliphatic rings. The molecule has 0 aromatic heterocycles. The van der Waals surface area contributed by atoms with E-state index in [0.717, 1.165) is 25.3 Å². The zero-order valence-corrected chi connectivity index (χ0v) is 9.92. The summed E-state index contributed by atoms with van der Waals surface area (Å²) in [6.07, 6.45) is 1.30. The second kappa shape index (κ2) is 6.46. The van der Waals surface area contributed by atoms with Crippen molar-refractivity contribution in [2.45, 2.75) is 33.3 Å². The Kier molecular flexibility index (Phi) is 5.19. The van der Waals surface area contributed by atoms with Crippen LogP contribution in [0.4, 0.5) is 0 Å². The molecular formula is C13H21NO. The predicted molar refractivity (Wildman–Crippen MR) is 64.5 cm³/mol. The van der Waals surface area contributed by atoms with Crippen molar-refractivity contribution in [3.05, 3.63) is 29.8 Å². The fourth-order valence-electron chi connectivity index (χ4n) is 1.43. The molecular weight excluding hydrogens is 186 g/mol. The van der Waals surface area contributed by atoms with Gasteiger partial charge in [0.1, 0.15) is 11.9 Å². The predicted octanol–water partition coefficient (Wildman–Crippen LogP) is 2.63. The highest BCUT2D eigenvalue weighted by Gasteiger charge is 2.02. The number of aryl methyl sites for hydroxylation is 1. The van der Waals surface area contributed by atoms with E-state index in [9.17, 15) is 0 Å². The lowest BCUT2D eigenvalue weighted by molar-refractivity contribution is 0.218. The van der Waals surface area contributed by atoms with Gasteiger partial charge in [0, 0.05) is 6.54 Å². The summed E-state index contributed by atoms with van der Waals surface area (Å²) in [7, 11) is 0. The Morgan fingerprint density at radius 2 is 1.87 bits per heavy atom. The van der Waals surface area contributed by atoms with Crippen LogP contribution in [0.1, 0.15) is 26.3 Å². The van der Waals surface area contributed by atoms with Gasteiger partial charge in [-0.1, -0.05) is 26.0 Å². The van der Waals surface area contributed by atoms with Crippen molar-refractivity contribution in [3.8, 4) is 5.75 Å². The van der Waals surface area contributed by atoms with Gasteiger partial charge < -0.3 is 10.1 Å². The normalized spacial score (nSPS) is 12.5. The van der Waals surface area contributed by atoms with Crippen LogP contribution in [0.25, 0.3) is 0 Å². The molecule has 0 radical (unpaired) electrons. The monoisotopic (exact) mass is 207 g/mol. The molecule has 15 heavy (non-hydrogen) atoms. The van der Waals surface area contributed by atoms with Crippen molar-refractivity contribution in [1.82, 2.24) is 5.32 Å². The third-order valence-corrected chi connectivity index (χ3v) is 2.35. The molecule has 84 valence electrons. The molecule has 0 aliphatic heterocycles. The van der Waals surface area contributed by atoms with Crippen molar-refractivity contribution in [1.29, 1.82) is 0 Å². The summed E-state index contributed by atoms with van der Waals surface area (Å²) in [5.74, 6) is 0.956. The smallest absolute Gasteiger partial charge is 0.119 e. The Hall–Kier alpha value is -1.02. The van der Waals surface area contributed by atoms with Gasteiger partial charge in [0.2, 0.25) is 0 Å². The number of rotatable bonds is 6. The van der Waals surface area contributed by atoms with Crippen molar-refractivity contribution in [3.63, 3.8) is 0 Å². The minimum atomic E-state index is 0.220. The summed E-state index contributed by atoms with van der Waals surface area (Å²) in [4.78, 5) is 0. The van der Waals surface area contributed by atoms with E-state index in [0.29, 0.717) is 0 Å². The maximum Gasteiger partial charge on any atom is 0.119 e. The van der Waals surface area contributed by atoms with E-state index in [1.807, 2.05) is 12.1 Å². The molecule has 2 nitrogen and oxygen atoms in total. The number of hydrogen-bond donors (Lipinski definition) is 1. The van der Waals surface area contributed by atoms with E-state index in [-0.39, 0.29) is 6.10 Å². The zero-order chi connectivity index (χ0) is 11.1. The van der Waals surface area contributed by atoms with Crippen LogP contribution in [0.2, 0.25) is 0 Å².